The molecule has 2 heterocycles. The number of hydrogen-bond acceptors (Lipinski definition) is 3. The predicted octanol–water partition coefficient (Wildman–Crippen LogP) is 5.48. The van der Waals surface area contributed by atoms with Crippen molar-refractivity contribution in [2.24, 2.45) is 0 Å². The molecule has 0 radical (unpaired) electrons. The molecule has 0 spiro atoms. The molecular weight excluding hydrogens is 462 g/mol. The molecule has 6 heteroatoms. The van der Waals surface area contributed by atoms with Gasteiger partial charge in [0.2, 0.25) is 11.8 Å². The first kappa shape index (κ1) is 24.9. The topological polar surface area (TPSA) is 63.6 Å². The highest BCUT2D eigenvalue weighted by Gasteiger charge is 2.38. The Hall–Kier alpha value is -3.80. The van der Waals surface area contributed by atoms with Crippen molar-refractivity contribution in [1.82, 2.24) is 14.8 Å². The number of methoxy groups -OCH3 is 1. The lowest BCUT2D eigenvalue weighted by Crippen LogP contribution is -2.47. The fourth-order valence-corrected chi connectivity index (χ4v) is 5.55. The number of carbonyl (C=O) groups excluding carboxylic acids is 2. The Labute approximate surface area is 218 Å². The maximum atomic E-state index is 14.1. The summed E-state index contributed by atoms with van der Waals surface area (Å²) in [5, 5.41) is 3.32. The van der Waals surface area contributed by atoms with Gasteiger partial charge in [0, 0.05) is 37.0 Å². The summed E-state index contributed by atoms with van der Waals surface area (Å²) in [6.45, 7) is 2.91. The number of carbonyl (C=O) groups is 2. The molecule has 1 saturated carbocycles. The fourth-order valence-electron chi connectivity index (χ4n) is 5.55. The van der Waals surface area contributed by atoms with Crippen LogP contribution in [0.15, 0.2) is 72.9 Å². The van der Waals surface area contributed by atoms with Crippen molar-refractivity contribution in [3.8, 4) is 5.75 Å². The lowest BCUT2D eigenvalue weighted by molar-refractivity contribution is -0.138. The van der Waals surface area contributed by atoms with Crippen LogP contribution in [0.25, 0.3) is 5.57 Å². The van der Waals surface area contributed by atoms with Crippen molar-refractivity contribution in [1.29, 1.82) is 0 Å². The minimum absolute atomic E-state index is 0.105. The number of aromatic nitrogens is 1. The Morgan fingerprint density at radius 3 is 2.35 bits per heavy atom. The number of nitrogens with one attached hydrogen (secondary N) is 1. The van der Waals surface area contributed by atoms with Crippen LogP contribution in [-0.4, -0.2) is 34.4 Å². The van der Waals surface area contributed by atoms with Gasteiger partial charge in [0.1, 0.15) is 5.75 Å². The standard InChI is InChI=1S/C31H35N3O3/c1-22-19-28(35)34(21-24-13-15-26(37-2)16-14-24)30(31(36)32-25-11-7-4-8-12-25)29-27(22)17-18-33(29)20-23-9-5-3-6-10-23/h3,5-6,9-10,13-19,25,30H,4,7-8,11-12,20-21H2,1-2H3,(H,32,36). The Bertz CT molecular complexity index is 1270. The molecule has 1 aliphatic carbocycles. The molecule has 0 bridgehead atoms. The highest BCUT2D eigenvalue weighted by atomic mass is 16.5. The summed E-state index contributed by atoms with van der Waals surface area (Å²) in [5.41, 5.74) is 4.78. The van der Waals surface area contributed by atoms with Gasteiger partial charge in [-0.05, 0) is 54.7 Å². The summed E-state index contributed by atoms with van der Waals surface area (Å²) in [5.74, 6) is 0.498. The molecule has 0 saturated heterocycles. The quantitative estimate of drug-likeness (QED) is 0.470. The summed E-state index contributed by atoms with van der Waals surface area (Å²) in [7, 11) is 1.63. The summed E-state index contributed by atoms with van der Waals surface area (Å²) < 4.78 is 7.44. The van der Waals surface area contributed by atoms with E-state index < -0.39 is 6.04 Å². The lowest BCUT2D eigenvalue weighted by atomic mass is 9.94. The second-order valence-electron chi connectivity index (χ2n) is 10.1. The third-order valence-electron chi connectivity index (χ3n) is 7.53. The van der Waals surface area contributed by atoms with Crippen LogP contribution in [-0.2, 0) is 22.7 Å². The third-order valence-corrected chi connectivity index (χ3v) is 7.53. The number of fused-ring (bicyclic) bond motifs is 1. The van der Waals surface area contributed by atoms with Crippen LogP contribution < -0.4 is 10.1 Å². The Morgan fingerprint density at radius 2 is 1.65 bits per heavy atom. The first-order chi connectivity index (χ1) is 18.0. The number of ether oxygens (including phenoxy) is 1. The van der Waals surface area contributed by atoms with Crippen molar-refractivity contribution >= 4 is 17.4 Å². The molecule has 5 rings (SSSR count). The SMILES string of the molecule is COc1ccc(CN2C(=O)C=C(C)c3ccn(Cc4ccccc4)c3C2C(=O)NC2CCCCC2)cc1. The maximum Gasteiger partial charge on any atom is 0.249 e. The predicted molar refractivity (Wildman–Crippen MR) is 145 cm³/mol. The molecule has 37 heavy (non-hydrogen) atoms. The van der Waals surface area contributed by atoms with Crippen LogP contribution in [0.1, 0.15) is 67.5 Å². The van der Waals surface area contributed by atoms with Crippen molar-refractivity contribution in [2.75, 3.05) is 7.11 Å². The van der Waals surface area contributed by atoms with Crippen LogP contribution in [0.3, 0.4) is 0 Å². The van der Waals surface area contributed by atoms with E-state index in [1.807, 2.05) is 61.7 Å². The van der Waals surface area contributed by atoms with Gasteiger partial charge in [-0.3, -0.25) is 9.59 Å². The van der Waals surface area contributed by atoms with Crippen LogP contribution >= 0.6 is 0 Å². The summed E-state index contributed by atoms with van der Waals surface area (Å²) in [6, 6.07) is 19.4. The van der Waals surface area contributed by atoms with Gasteiger partial charge in [-0.15, -0.1) is 0 Å². The molecule has 6 nitrogen and oxygen atoms in total. The maximum absolute atomic E-state index is 14.1. The summed E-state index contributed by atoms with van der Waals surface area (Å²) in [4.78, 5) is 29.4. The van der Waals surface area contributed by atoms with Gasteiger partial charge >= 0.3 is 0 Å². The highest BCUT2D eigenvalue weighted by molar-refractivity contribution is 6.00. The van der Waals surface area contributed by atoms with Crippen molar-refractivity contribution in [3.05, 3.63) is 95.3 Å². The molecule has 1 fully saturated rings. The Kier molecular flexibility index (Phi) is 7.45. The van der Waals surface area contributed by atoms with E-state index in [0.29, 0.717) is 13.1 Å². The summed E-state index contributed by atoms with van der Waals surface area (Å²) >= 11 is 0. The van der Waals surface area contributed by atoms with E-state index in [0.717, 1.165) is 59.4 Å². The average molecular weight is 498 g/mol. The monoisotopic (exact) mass is 497 g/mol. The zero-order valence-electron chi connectivity index (χ0n) is 21.7. The molecule has 1 aliphatic heterocycles. The zero-order chi connectivity index (χ0) is 25.8. The number of amides is 2. The van der Waals surface area contributed by atoms with E-state index >= 15 is 0 Å². The number of benzene rings is 2. The molecule has 2 aromatic carbocycles. The van der Waals surface area contributed by atoms with E-state index in [4.69, 9.17) is 4.74 Å². The second kappa shape index (κ2) is 11.1. The first-order valence-corrected chi connectivity index (χ1v) is 13.2. The molecule has 1 aromatic heterocycles. The van der Waals surface area contributed by atoms with Gasteiger partial charge in [-0.2, -0.15) is 0 Å². The highest BCUT2D eigenvalue weighted by Crippen LogP contribution is 2.36. The van der Waals surface area contributed by atoms with E-state index in [-0.39, 0.29) is 17.9 Å². The number of nitrogens with zero attached hydrogens (tertiary/aromatic N) is 2. The van der Waals surface area contributed by atoms with E-state index in [1.54, 1.807) is 18.1 Å². The van der Waals surface area contributed by atoms with Gasteiger partial charge < -0.3 is 19.5 Å². The second-order valence-corrected chi connectivity index (χ2v) is 10.1. The normalized spacial score (nSPS) is 18.1. The molecule has 1 atom stereocenters. The van der Waals surface area contributed by atoms with Crippen LogP contribution in [0.4, 0.5) is 0 Å². The van der Waals surface area contributed by atoms with Crippen LogP contribution in [0, 0.1) is 0 Å². The molecule has 2 aliphatic rings. The van der Waals surface area contributed by atoms with Gasteiger partial charge in [0.25, 0.3) is 0 Å². The molecule has 1 N–H and O–H groups in total. The zero-order valence-corrected chi connectivity index (χ0v) is 21.7. The van der Waals surface area contributed by atoms with Gasteiger partial charge in [-0.1, -0.05) is 61.7 Å². The van der Waals surface area contributed by atoms with Crippen LogP contribution in [0.5, 0.6) is 5.75 Å². The smallest absolute Gasteiger partial charge is 0.249 e. The molecule has 1 unspecified atom stereocenters. The fraction of sp³-hybridized carbons (Fsp3) is 0.355. The minimum atomic E-state index is -0.737. The molecule has 192 valence electrons. The van der Waals surface area contributed by atoms with E-state index in [9.17, 15) is 9.59 Å². The minimum Gasteiger partial charge on any atom is -0.497 e. The third kappa shape index (κ3) is 5.48. The van der Waals surface area contributed by atoms with Crippen molar-refractivity contribution in [3.63, 3.8) is 0 Å². The number of rotatable bonds is 7. The lowest BCUT2D eigenvalue weighted by Gasteiger charge is -2.33. The van der Waals surface area contributed by atoms with Crippen LogP contribution in [0.2, 0.25) is 0 Å². The largest absolute Gasteiger partial charge is 0.497 e. The van der Waals surface area contributed by atoms with Crippen molar-refractivity contribution < 1.29 is 14.3 Å². The Morgan fingerprint density at radius 1 is 0.946 bits per heavy atom. The van der Waals surface area contributed by atoms with Gasteiger partial charge in [-0.25, -0.2) is 0 Å². The van der Waals surface area contributed by atoms with Gasteiger partial charge in [0.05, 0.1) is 12.8 Å². The summed E-state index contributed by atoms with van der Waals surface area (Å²) in [6.07, 6.45) is 9.15. The molecule has 3 aromatic rings. The number of allylic oxidation sites excluding steroid dienone is 1. The van der Waals surface area contributed by atoms with E-state index in [1.165, 1.54) is 6.42 Å². The molecule has 2 amide bonds. The van der Waals surface area contributed by atoms with Gasteiger partial charge in [0.15, 0.2) is 6.04 Å². The first-order valence-electron chi connectivity index (χ1n) is 13.2. The van der Waals surface area contributed by atoms with Crippen molar-refractivity contribution in [2.45, 2.75) is 64.2 Å². The Balaban J connectivity index is 1.56. The van der Waals surface area contributed by atoms with E-state index in [2.05, 4.69) is 22.0 Å². The molecular formula is C31H35N3O3. The average Bonchev–Trinajstić information content (AvgIpc) is 3.28. The number of hydrogen-bond donors (Lipinski definition) is 1.